The second-order valence-corrected chi connectivity index (χ2v) is 8.48. The maximum atomic E-state index is 13.8. The Morgan fingerprint density at radius 2 is 1.85 bits per heavy atom. The summed E-state index contributed by atoms with van der Waals surface area (Å²) in [5.74, 6) is -0.666. The molecule has 0 atom stereocenters. The molecular formula is C25H30FN5O2. The lowest BCUT2D eigenvalue weighted by Gasteiger charge is -2.31. The van der Waals surface area contributed by atoms with Crippen LogP contribution in [0.25, 0.3) is 11.5 Å². The fraction of sp³-hybridized carbons (Fsp3) is 0.400. The molecule has 1 aliphatic rings. The largest absolute Gasteiger partial charge is 0.403 e. The van der Waals surface area contributed by atoms with Crippen molar-refractivity contribution in [3.05, 3.63) is 59.9 Å². The molecule has 4 rings (SSSR count). The van der Waals surface area contributed by atoms with Crippen LogP contribution in [0.15, 0.2) is 52.9 Å². The van der Waals surface area contributed by atoms with Crippen LogP contribution in [0.3, 0.4) is 0 Å². The molecule has 1 amide bonds. The van der Waals surface area contributed by atoms with Gasteiger partial charge in [-0.15, -0.1) is 5.10 Å². The van der Waals surface area contributed by atoms with E-state index in [1.165, 1.54) is 44.2 Å². The van der Waals surface area contributed by atoms with Gasteiger partial charge in [0.2, 0.25) is 5.89 Å². The van der Waals surface area contributed by atoms with Gasteiger partial charge in [0.1, 0.15) is 5.82 Å². The predicted octanol–water partition coefficient (Wildman–Crippen LogP) is 5.19. The van der Waals surface area contributed by atoms with Crippen molar-refractivity contribution in [3.8, 4) is 11.5 Å². The smallest absolute Gasteiger partial charge is 0.315 e. The first-order valence-corrected chi connectivity index (χ1v) is 11.5. The molecule has 3 aromatic rings. The molecule has 8 heteroatoms. The summed E-state index contributed by atoms with van der Waals surface area (Å²) >= 11 is 0. The third kappa shape index (κ3) is 6.16. The number of nitrogens with zero attached hydrogens (tertiary/aromatic N) is 3. The highest BCUT2D eigenvalue weighted by Gasteiger charge is 2.17. The molecule has 33 heavy (non-hydrogen) atoms. The van der Waals surface area contributed by atoms with E-state index in [-0.39, 0.29) is 5.56 Å². The first-order valence-electron chi connectivity index (χ1n) is 11.5. The molecule has 1 aliphatic carbocycles. The SMILES string of the molecule is CN(CCCNc1nnc(-c2ccc(NC(=O)c3ccccc3F)cc2)o1)C1CCCCC1. The third-order valence-electron chi connectivity index (χ3n) is 6.10. The van der Waals surface area contributed by atoms with Crippen LogP contribution in [-0.4, -0.2) is 47.2 Å². The monoisotopic (exact) mass is 451 g/mol. The average molecular weight is 452 g/mol. The van der Waals surface area contributed by atoms with Gasteiger partial charge in [-0.25, -0.2) is 4.39 Å². The minimum atomic E-state index is -0.557. The molecular weight excluding hydrogens is 421 g/mol. The van der Waals surface area contributed by atoms with Crippen molar-refractivity contribution in [2.24, 2.45) is 0 Å². The van der Waals surface area contributed by atoms with Gasteiger partial charge in [-0.05, 0) is 69.3 Å². The number of carbonyl (C=O) groups excluding carboxylic acids is 1. The van der Waals surface area contributed by atoms with Crippen molar-refractivity contribution in [2.75, 3.05) is 30.8 Å². The molecule has 1 heterocycles. The van der Waals surface area contributed by atoms with E-state index in [9.17, 15) is 9.18 Å². The summed E-state index contributed by atoms with van der Waals surface area (Å²) in [5, 5.41) is 14.0. The van der Waals surface area contributed by atoms with Crippen LogP contribution in [0, 0.1) is 5.82 Å². The average Bonchev–Trinajstić information content (AvgIpc) is 3.32. The highest BCUT2D eigenvalue weighted by atomic mass is 19.1. The van der Waals surface area contributed by atoms with Gasteiger partial charge in [0.15, 0.2) is 0 Å². The van der Waals surface area contributed by atoms with Crippen molar-refractivity contribution in [3.63, 3.8) is 0 Å². The van der Waals surface area contributed by atoms with Gasteiger partial charge in [0, 0.05) is 23.8 Å². The molecule has 0 saturated heterocycles. The van der Waals surface area contributed by atoms with Crippen molar-refractivity contribution in [2.45, 2.75) is 44.6 Å². The second kappa shape index (κ2) is 11.0. The van der Waals surface area contributed by atoms with Crippen molar-refractivity contribution in [1.29, 1.82) is 0 Å². The fourth-order valence-corrected chi connectivity index (χ4v) is 4.18. The standard InChI is InChI=1S/C25H30FN5O2/c1-31(20-8-3-2-4-9-20)17-7-16-27-25-30-29-24(33-25)18-12-14-19(15-13-18)28-23(32)21-10-5-6-11-22(21)26/h5-6,10-15,20H,2-4,7-9,16-17H2,1H3,(H,27,30)(H,28,32). The Morgan fingerprint density at radius 1 is 1.09 bits per heavy atom. The molecule has 0 unspecified atom stereocenters. The van der Waals surface area contributed by atoms with Crippen molar-refractivity contribution < 1.29 is 13.6 Å². The van der Waals surface area contributed by atoms with Gasteiger partial charge in [0.05, 0.1) is 5.56 Å². The van der Waals surface area contributed by atoms with Gasteiger partial charge < -0.3 is 20.0 Å². The number of halogens is 1. The Morgan fingerprint density at radius 3 is 2.61 bits per heavy atom. The molecule has 0 aliphatic heterocycles. The Balaban J connectivity index is 1.25. The zero-order valence-corrected chi connectivity index (χ0v) is 18.9. The van der Waals surface area contributed by atoms with Crippen LogP contribution in [0.5, 0.6) is 0 Å². The van der Waals surface area contributed by atoms with Gasteiger partial charge in [-0.3, -0.25) is 4.79 Å². The highest BCUT2D eigenvalue weighted by molar-refractivity contribution is 6.04. The van der Waals surface area contributed by atoms with Crippen LogP contribution in [0.4, 0.5) is 16.1 Å². The molecule has 174 valence electrons. The summed E-state index contributed by atoms with van der Waals surface area (Å²) < 4.78 is 19.5. The third-order valence-corrected chi connectivity index (χ3v) is 6.10. The van der Waals surface area contributed by atoms with Crippen LogP contribution >= 0.6 is 0 Å². The number of aromatic nitrogens is 2. The van der Waals surface area contributed by atoms with Crippen LogP contribution < -0.4 is 10.6 Å². The summed E-state index contributed by atoms with van der Waals surface area (Å²) in [4.78, 5) is 14.7. The van der Waals surface area contributed by atoms with E-state index in [4.69, 9.17) is 4.42 Å². The van der Waals surface area contributed by atoms with E-state index in [1.54, 1.807) is 36.4 Å². The maximum absolute atomic E-state index is 13.8. The number of benzene rings is 2. The van der Waals surface area contributed by atoms with Crippen LogP contribution in [0.1, 0.15) is 48.9 Å². The summed E-state index contributed by atoms with van der Waals surface area (Å²) in [5.41, 5.74) is 1.28. The lowest BCUT2D eigenvalue weighted by molar-refractivity contribution is 0.102. The number of rotatable bonds is 9. The molecule has 7 nitrogen and oxygen atoms in total. The first-order chi connectivity index (χ1) is 16.1. The molecule has 0 radical (unpaired) electrons. The molecule has 2 aromatic carbocycles. The van der Waals surface area contributed by atoms with Crippen molar-refractivity contribution >= 4 is 17.6 Å². The number of hydrogen-bond acceptors (Lipinski definition) is 6. The Kier molecular flexibility index (Phi) is 7.67. The number of anilines is 2. The van der Waals surface area contributed by atoms with E-state index in [0.29, 0.717) is 23.6 Å². The Hall–Kier alpha value is -3.26. The molecule has 2 N–H and O–H groups in total. The summed E-state index contributed by atoms with van der Waals surface area (Å²) in [6.45, 7) is 1.80. The zero-order valence-electron chi connectivity index (χ0n) is 18.9. The van der Waals surface area contributed by atoms with Crippen LogP contribution in [0.2, 0.25) is 0 Å². The molecule has 0 bridgehead atoms. The van der Waals surface area contributed by atoms with Gasteiger partial charge in [-0.2, -0.15) is 0 Å². The number of nitrogens with one attached hydrogen (secondary N) is 2. The number of amides is 1. The minimum absolute atomic E-state index is 0.000807. The molecule has 1 aromatic heterocycles. The topological polar surface area (TPSA) is 83.3 Å². The fourth-order valence-electron chi connectivity index (χ4n) is 4.18. The minimum Gasteiger partial charge on any atom is -0.403 e. The van der Waals surface area contributed by atoms with Gasteiger partial charge >= 0.3 is 6.01 Å². The van der Waals surface area contributed by atoms with E-state index >= 15 is 0 Å². The number of carbonyl (C=O) groups is 1. The van der Waals surface area contributed by atoms with E-state index in [1.807, 2.05) is 0 Å². The Labute approximate surface area is 193 Å². The lowest BCUT2D eigenvalue weighted by Crippen LogP contribution is -2.34. The summed E-state index contributed by atoms with van der Waals surface area (Å²) in [6.07, 6.45) is 7.68. The van der Waals surface area contributed by atoms with Gasteiger partial charge in [-0.1, -0.05) is 36.5 Å². The molecule has 0 spiro atoms. The predicted molar refractivity (Wildman–Crippen MR) is 127 cm³/mol. The maximum Gasteiger partial charge on any atom is 0.315 e. The second-order valence-electron chi connectivity index (χ2n) is 8.48. The van der Waals surface area contributed by atoms with E-state index in [0.717, 1.165) is 25.1 Å². The van der Waals surface area contributed by atoms with Gasteiger partial charge in [0.25, 0.3) is 5.91 Å². The first kappa shape index (κ1) is 22.9. The normalized spacial score (nSPS) is 14.4. The van der Waals surface area contributed by atoms with Crippen LogP contribution in [-0.2, 0) is 0 Å². The van der Waals surface area contributed by atoms with Crippen molar-refractivity contribution in [1.82, 2.24) is 15.1 Å². The summed E-state index contributed by atoms with van der Waals surface area (Å²) in [7, 11) is 2.21. The molecule has 1 fully saturated rings. The zero-order chi connectivity index (χ0) is 23.0. The highest BCUT2D eigenvalue weighted by Crippen LogP contribution is 2.23. The number of hydrogen-bond donors (Lipinski definition) is 2. The molecule has 1 saturated carbocycles. The quantitative estimate of drug-likeness (QED) is 0.436. The van der Waals surface area contributed by atoms with E-state index in [2.05, 4.69) is 32.8 Å². The Bertz CT molecular complexity index is 1050. The summed E-state index contributed by atoms with van der Waals surface area (Å²) in [6, 6.07) is 13.9. The van der Waals surface area contributed by atoms with E-state index < -0.39 is 11.7 Å². The lowest BCUT2D eigenvalue weighted by atomic mass is 9.94.